The van der Waals surface area contributed by atoms with Gasteiger partial charge in [0.2, 0.25) is 5.91 Å². The molecule has 2 rings (SSSR count). The minimum atomic E-state index is -0.616. The molecule has 0 fully saturated rings. The number of carbonyl (C=O) groups excluding carboxylic acids is 4. The van der Waals surface area contributed by atoms with E-state index in [2.05, 4.69) is 16.0 Å². The van der Waals surface area contributed by atoms with Crippen LogP contribution in [0.3, 0.4) is 0 Å². The standard InChI is InChI=1S/C28H37N3O6/c1-27(2,3)36-24(33)17-18-29-25(34)20-11-14-21(15-12-20)30-23(32)16-13-19-9-7-8-10-22(19)31-26(35)37-28(4,5)6/h7-12,14-15H,13,16-18H2,1-6H3,(H,29,34)(H,30,32)(H,31,35). The zero-order valence-corrected chi connectivity index (χ0v) is 22.4. The van der Waals surface area contributed by atoms with E-state index in [0.29, 0.717) is 23.4 Å². The molecular formula is C28H37N3O6. The second-order valence-electron chi connectivity index (χ2n) is 10.5. The summed E-state index contributed by atoms with van der Waals surface area (Å²) in [5, 5.41) is 8.22. The van der Waals surface area contributed by atoms with Crippen LogP contribution in [0.1, 0.15) is 70.3 Å². The molecule has 2 aromatic rings. The van der Waals surface area contributed by atoms with Crippen molar-refractivity contribution >= 4 is 35.3 Å². The highest BCUT2D eigenvalue weighted by molar-refractivity contribution is 5.96. The number of nitrogens with one attached hydrogen (secondary N) is 3. The molecule has 9 heteroatoms. The van der Waals surface area contributed by atoms with Crippen molar-refractivity contribution in [2.45, 2.75) is 72.0 Å². The Morgan fingerprint density at radius 1 is 0.757 bits per heavy atom. The van der Waals surface area contributed by atoms with Gasteiger partial charge in [0.1, 0.15) is 11.2 Å². The summed E-state index contributed by atoms with van der Waals surface area (Å²) >= 11 is 0. The zero-order valence-electron chi connectivity index (χ0n) is 22.4. The van der Waals surface area contributed by atoms with Gasteiger partial charge in [0.05, 0.1) is 6.42 Å². The van der Waals surface area contributed by atoms with Crippen LogP contribution >= 0.6 is 0 Å². The molecule has 0 unspecified atom stereocenters. The van der Waals surface area contributed by atoms with E-state index < -0.39 is 17.3 Å². The van der Waals surface area contributed by atoms with Gasteiger partial charge < -0.3 is 20.1 Å². The van der Waals surface area contributed by atoms with Crippen LogP contribution in [-0.2, 0) is 25.5 Å². The predicted octanol–water partition coefficient (Wildman–Crippen LogP) is 5.07. The molecule has 0 aliphatic carbocycles. The molecular weight excluding hydrogens is 474 g/mol. The van der Waals surface area contributed by atoms with Crippen LogP contribution in [0.2, 0.25) is 0 Å². The summed E-state index contributed by atoms with van der Waals surface area (Å²) in [5.41, 5.74) is 1.17. The highest BCUT2D eigenvalue weighted by atomic mass is 16.6. The number of anilines is 2. The molecule has 37 heavy (non-hydrogen) atoms. The van der Waals surface area contributed by atoms with E-state index in [1.54, 1.807) is 77.9 Å². The Labute approximate surface area is 218 Å². The largest absolute Gasteiger partial charge is 0.460 e. The first-order chi connectivity index (χ1) is 17.2. The molecule has 3 amide bonds. The van der Waals surface area contributed by atoms with Gasteiger partial charge in [0.15, 0.2) is 0 Å². The maximum atomic E-state index is 12.5. The van der Waals surface area contributed by atoms with Crippen LogP contribution in [0.4, 0.5) is 16.2 Å². The van der Waals surface area contributed by atoms with Gasteiger partial charge in [0, 0.05) is 29.9 Å². The second kappa shape index (κ2) is 12.9. The summed E-state index contributed by atoms with van der Waals surface area (Å²) in [7, 11) is 0. The maximum absolute atomic E-state index is 12.5. The van der Waals surface area contributed by atoms with E-state index in [-0.39, 0.29) is 37.2 Å². The molecule has 0 aromatic heterocycles. The Bertz CT molecular complexity index is 1100. The number of ether oxygens (including phenoxy) is 2. The van der Waals surface area contributed by atoms with Gasteiger partial charge in [-0.1, -0.05) is 18.2 Å². The predicted molar refractivity (Wildman–Crippen MR) is 142 cm³/mol. The number of rotatable bonds is 9. The summed E-state index contributed by atoms with van der Waals surface area (Å²) in [6.45, 7) is 10.9. The molecule has 3 N–H and O–H groups in total. The fraction of sp³-hybridized carbons (Fsp3) is 0.429. The fourth-order valence-corrected chi connectivity index (χ4v) is 3.22. The number of carbonyl (C=O) groups is 4. The first-order valence-electron chi connectivity index (χ1n) is 12.2. The average Bonchev–Trinajstić information content (AvgIpc) is 2.76. The third-order valence-corrected chi connectivity index (χ3v) is 4.74. The molecule has 0 aliphatic heterocycles. The SMILES string of the molecule is CC(C)(C)OC(=O)CCNC(=O)c1ccc(NC(=O)CCc2ccccc2NC(=O)OC(C)(C)C)cc1. The van der Waals surface area contributed by atoms with Crippen molar-refractivity contribution in [3.05, 3.63) is 59.7 Å². The van der Waals surface area contributed by atoms with E-state index >= 15 is 0 Å². The smallest absolute Gasteiger partial charge is 0.412 e. The average molecular weight is 512 g/mol. The monoisotopic (exact) mass is 511 g/mol. The molecule has 0 bridgehead atoms. The van der Waals surface area contributed by atoms with E-state index in [9.17, 15) is 19.2 Å². The van der Waals surface area contributed by atoms with Crippen molar-refractivity contribution in [1.82, 2.24) is 5.32 Å². The fourth-order valence-electron chi connectivity index (χ4n) is 3.22. The van der Waals surface area contributed by atoms with Gasteiger partial charge in [0.25, 0.3) is 5.91 Å². The first kappa shape index (κ1) is 29.4. The highest BCUT2D eigenvalue weighted by Crippen LogP contribution is 2.19. The normalized spacial score (nSPS) is 11.3. The lowest BCUT2D eigenvalue weighted by molar-refractivity contribution is -0.154. The van der Waals surface area contributed by atoms with Crippen LogP contribution < -0.4 is 16.0 Å². The van der Waals surface area contributed by atoms with Crippen molar-refractivity contribution in [2.75, 3.05) is 17.2 Å². The minimum Gasteiger partial charge on any atom is -0.460 e. The lowest BCUT2D eigenvalue weighted by Crippen LogP contribution is -2.29. The van der Waals surface area contributed by atoms with Gasteiger partial charge in [-0.25, -0.2) is 4.79 Å². The van der Waals surface area contributed by atoms with Crippen molar-refractivity contribution < 1.29 is 28.7 Å². The molecule has 0 saturated heterocycles. The van der Waals surface area contributed by atoms with Gasteiger partial charge in [-0.15, -0.1) is 0 Å². The van der Waals surface area contributed by atoms with Gasteiger partial charge in [-0.2, -0.15) is 0 Å². The molecule has 0 radical (unpaired) electrons. The first-order valence-corrected chi connectivity index (χ1v) is 12.2. The molecule has 0 saturated carbocycles. The van der Waals surface area contributed by atoms with Crippen molar-refractivity contribution in [2.24, 2.45) is 0 Å². The lowest BCUT2D eigenvalue weighted by Gasteiger charge is -2.20. The Balaban J connectivity index is 1.83. The van der Waals surface area contributed by atoms with Crippen molar-refractivity contribution in [3.63, 3.8) is 0 Å². The second-order valence-corrected chi connectivity index (χ2v) is 10.5. The molecule has 0 spiro atoms. The topological polar surface area (TPSA) is 123 Å². The van der Waals surface area contributed by atoms with Gasteiger partial charge in [-0.3, -0.25) is 19.7 Å². The van der Waals surface area contributed by atoms with Crippen LogP contribution in [0.5, 0.6) is 0 Å². The number of amides is 3. The number of benzene rings is 2. The maximum Gasteiger partial charge on any atom is 0.412 e. The Morgan fingerprint density at radius 3 is 2.00 bits per heavy atom. The quantitative estimate of drug-likeness (QED) is 0.404. The van der Waals surface area contributed by atoms with Crippen LogP contribution in [-0.4, -0.2) is 41.6 Å². The number of hydrogen-bond acceptors (Lipinski definition) is 6. The van der Waals surface area contributed by atoms with Crippen LogP contribution in [0, 0.1) is 0 Å². The molecule has 0 heterocycles. The van der Waals surface area contributed by atoms with Crippen molar-refractivity contribution in [3.8, 4) is 0 Å². The van der Waals surface area contributed by atoms with Crippen LogP contribution in [0.25, 0.3) is 0 Å². The van der Waals surface area contributed by atoms with Crippen molar-refractivity contribution in [1.29, 1.82) is 0 Å². The minimum absolute atomic E-state index is 0.0770. The Kier molecular flexibility index (Phi) is 10.2. The molecule has 200 valence electrons. The van der Waals surface area contributed by atoms with E-state index in [0.717, 1.165) is 5.56 Å². The number of aryl methyl sites for hydroxylation is 1. The molecule has 2 aromatic carbocycles. The Hall–Kier alpha value is -3.88. The number of esters is 1. The molecule has 9 nitrogen and oxygen atoms in total. The van der Waals surface area contributed by atoms with Crippen LogP contribution in [0.15, 0.2) is 48.5 Å². The molecule has 0 aliphatic rings. The molecule has 0 atom stereocenters. The third-order valence-electron chi connectivity index (χ3n) is 4.74. The summed E-state index contributed by atoms with van der Waals surface area (Å²) in [6.07, 6.45) is 0.127. The number of para-hydroxylation sites is 1. The highest BCUT2D eigenvalue weighted by Gasteiger charge is 2.18. The van der Waals surface area contributed by atoms with Gasteiger partial charge in [-0.05, 0) is 83.9 Å². The Morgan fingerprint density at radius 2 is 1.38 bits per heavy atom. The zero-order chi connectivity index (χ0) is 27.6. The summed E-state index contributed by atoms with van der Waals surface area (Å²) in [4.78, 5) is 48.6. The van der Waals surface area contributed by atoms with E-state index in [1.165, 1.54) is 0 Å². The van der Waals surface area contributed by atoms with E-state index in [4.69, 9.17) is 9.47 Å². The number of hydrogen-bond donors (Lipinski definition) is 3. The summed E-state index contributed by atoms with van der Waals surface area (Å²) < 4.78 is 10.5. The summed E-state index contributed by atoms with van der Waals surface area (Å²) in [5.74, 6) is -0.911. The lowest BCUT2D eigenvalue weighted by atomic mass is 10.1. The third kappa shape index (κ3) is 11.6. The summed E-state index contributed by atoms with van der Waals surface area (Å²) in [6, 6.07) is 13.7. The van der Waals surface area contributed by atoms with E-state index in [1.807, 2.05) is 12.1 Å². The van der Waals surface area contributed by atoms with Gasteiger partial charge >= 0.3 is 12.1 Å².